The van der Waals surface area contributed by atoms with E-state index in [1.807, 2.05) is 16.9 Å². The zero-order valence-corrected chi connectivity index (χ0v) is 8.97. The van der Waals surface area contributed by atoms with Gasteiger partial charge in [0.2, 0.25) is 0 Å². The van der Waals surface area contributed by atoms with Crippen LogP contribution in [0.2, 0.25) is 0 Å². The Morgan fingerprint density at radius 1 is 1.20 bits per heavy atom. The molecule has 1 aromatic heterocycles. The van der Waals surface area contributed by atoms with Crippen LogP contribution in [0.25, 0.3) is 5.69 Å². The number of ether oxygens (including phenoxy) is 1. The summed E-state index contributed by atoms with van der Waals surface area (Å²) in [6.45, 7) is 2.63. The fourth-order valence-electron chi connectivity index (χ4n) is 1.43. The number of methoxy groups -OCH3 is 1. The number of hydrogen-bond donors (Lipinski definition) is 0. The molecule has 0 saturated carbocycles. The first-order valence-corrected chi connectivity index (χ1v) is 4.90. The van der Waals surface area contributed by atoms with Crippen molar-refractivity contribution in [3.63, 3.8) is 0 Å². The minimum atomic E-state index is 0.554. The van der Waals surface area contributed by atoms with Gasteiger partial charge in [-0.15, -0.1) is 0 Å². The summed E-state index contributed by atoms with van der Waals surface area (Å²) in [6, 6.07) is 10.2. The SMILES string of the molecule is COCc1ccn(-c2ccc(C)cc2)n1. The van der Waals surface area contributed by atoms with Crippen LogP contribution in [-0.2, 0) is 11.3 Å². The van der Waals surface area contributed by atoms with Crippen LogP contribution < -0.4 is 0 Å². The molecule has 0 bridgehead atoms. The van der Waals surface area contributed by atoms with Crippen LogP contribution >= 0.6 is 0 Å². The van der Waals surface area contributed by atoms with Gasteiger partial charge in [-0.1, -0.05) is 17.7 Å². The molecular weight excluding hydrogens is 188 g/mol. The topological polar surface area (TPSA) is 27.1 Å². The van der Waals surface area contributed by atoms with Gasteiger partial charge in [-0.25, -0.2) is 4.68 Å². The molecule has 0 aliphatic carbocycles. The number of rotatable bonds is 3. The first-order chi connectivity index (χ1) is 7.29. The van der Waals surface area contributed by atoms with E-state index in [4.69, 9.17) is 4.74 Å². The van der Waals surface area contributed by atoms with E-state index in [2.05, 4.69) is 36.3 Å². The Kier molecular flexibility index (Phi) is 2.83. The Bertz CT molecular complexity index is 431. The average Bonchev–Trinajstić information content (AvgIpc) is 2.68. The highest BCUT2D eigenvalue weighted by Gasteiger charge is 1.99. The van der Waals surface area contributed by atoms with E-state index >= 15 is 0 Å². The zero-order valence-electron chi connectivity index (χ0n) is 8.97. The van der Waals surface area contributed by atoms with E-state index < -0.39 is 0 Å². The number of hydrogen-bond acceptors (Lipinski definition) is 2. The van der Waals surface area contributed by atoms with Gasteiger partial charge in [0.05, 0.1) is 18.0 Å². The predicted molar refractivity (Wildman–Crippen MR) is 59.0 cm³/mol. The van der Waals surface area contributed by atoms with Crippen molar-refractivity contribution in [2.24, 2.45) is 0 Å². The molecule has 0 aliphatic rings. The number of aromatic nitrogens is 2. The van der Waals surface area contributed by atoms with Gasteiger partial charge in [-0.05, 0) is 25.1 Å². The average molecular weight is 202 g/mol. The van der Waals surface area contributed by atoms with Crippen molar-refractivity contribution < 1.29 is 4.74 Å². The molecule has 3 heteroatoms. The Morgan fingerprint density at radius 3 is 2.60 bits per heavy atom. The minimum absolute atomic E-state index is 0.554. The third-order valence-corrected chi connectivity index (χ3v) is 2.24. The summed E-state index contributed by atoms with van der Waals surface area (Å²) in [4.78, 5) is 0. The summed E-state index contributed by atoms with van der Waals surface area (Å²) in [5.74, 6) is 0. The third-order valence-electron chi connectivity index (χ3n) is 2.24. The summed E-state index contributed by atoms with van der Waals surface area (Å²) < 4.78 is 6.88. The first kappa shape index (κ1) is 9.93. The van der Waals surface area contributed by atoms with Crippen LogP contribution in [0.3, 0.4) is 0 Å². The molecule has 0 N–H and O–H groups in total. The highest BCUT2D eigenvalue weighted by Crippen LogP contribution is 2.09. The van der Waals surface area contributed by atoms with Crippen LogP contribution in [0.15, 0.2) is 36.5 Å². The maximum Gasteiger partial charge on any atom is 0.0902 e. The molecule has 78 valence electrons. The van der Waals surface area contributed by atoms with E-state index in [1.54, 1.807) is 7.11 Å². The van der Waals surface area contributed by atoms with Gasteiger partial charge in [0.1, 0.15) is 0 Å². The van der Waals surface area contributed by atoms with Crippen molar-refractivity contribution in [1.29, 1.82) is 0 Å². The summed E-state index contributed by atoms with van der Waals surface area (Å²) in [7, 11) is 1.67. The van der Waals surface area contributed by atoms with Crippen molar-refractivity contribution in [3.8, 4) is 5.69 Å². The minimum Gasteiger partial charge on any atom is -0.378 e. The molecule has 3 nitrogen and oxygen atoms in total. The van der Waals surface area contributed by atoms with Crippen LogP contribution in [0, 0.1) is 6.92 Å². The Labute approximate surface area is 89.3 Å². The molecule has 0 radical (unpaired) electrons. The van der Waals surface area contributed by atoms with Gasteiger partial charge in [0, 0.05) is 13.3 Å². The van der Waals surface area contributed by atoms with Crippen LogP contribution in [0.1, 0.15) is 11.3 Å². The van der Waals surface area contributed by atoms with Crippen LogP contribution in [-0.4, -0.2) is 16.9 Å². The Hall–Kier alpha value is -1.61. The van der Waals surface area contributed by atoms with Crippen LogP contribution in [0.5, 0.6) is 0 Å². The maximum atomic E-state index is 5.02. The van der Waals surface area contributed by atoms with Crippen molar-refractivity contribution in [1.82, 2.24) is 9.78 Å². The van der Waals surface area contributed by atoms with Gasteiger partial charge < -0.3 is 4.74 Å². The van der Waals surface area contributed by atoms with Crippen molar-refractivity contribution in [2.75, 3.05) is 7.11 Å². The second kappa shape index (κ2) is 4.28. The predicted octanol–water partition coefficient (Wildman–Crippen LogP) is 2.33. The molecule has 0 saturated heterocycles. The fraction of sp³-hybridized carbons (Fsp3) is 0.250. The lowest BCUT2D eigenvalue weighted by Gasteiger charge is -2.01. The monoisotopic (exact) mass is 202 g/mol. The molecule has 0 aliphatic heterocycles. The lowest BCUT2D eigenvalue weighted by Crippen LogP contribution is -1.96. The third kappa shape index (κ3) is 2.25. The Morgan fingerprint density at radius 2 is 1.93 bits per heavy atom. The molecule has 0 amide bonds. The highest BCUT2D eigenvalue weighted by atomic mass is 16.5. The van der Waals surface area contributed by atoms with Gasteiger partial charge in [0.25, 0.3) is 0 Å². The van der Waals surface area contributed by atoms with Crippen molar-refractivity contribution >= 4 is 0 Å². The second-order valence-electron chi connectivity index (χ2n) is 3.52. The standard InChI is InChI=1S/C12H14N2O/c1-10-3-5-12(6-4-10)14-8-7-11(13-14)9-15-2/h3-8H,9H2,1-2H3. The summed E-state index contributed by atoms with van der Waals surface area (Å²) in [5, 5.41) is 4.39. The molecule has 15 heavy (non-hydrogen) atoms. The van der Waals surface area contributed by atoms with Crippen molar-refractivity contribution in [2.45, 2.75) is 13.5 Å². The van der Waals surface area contributed by atoms with Gasteiger partial charge in [-0.2, -0.15) is 5.10 Å². The number of aryl methyl sites for hydroxylation is 1. The summed E-state index contributed by atoms with van der Waals surface area (Å²) in [5.41, 5.74) is 3.27. The van der Waals surface area contributed by atoms with Crippen molar-refractivity contribution in [3.05, 3.63) is 47.8 Å². The lowest BCUT2D eigenvalue weighted by molar-refractivity contribution is 0.181. The van der Waals surface area contributed by atoms with Crippen LogP contribution in [0.4, 0.5) is 0 Å². The normalized spacial score (nSPS) is 10.5. The molecule has 0 unspecified atom stereocenters. The molecule has 2 aromatic rings. The highest BCUT2D eigenvalue weighted by molar-refractivity contribution is 5.33. The fourth-order valence-corrected chi connectivity index (χ4v) is 1.43. The molecule has 0 atom stereocenters. The van der Waals surface area contributed by atoms with Gasteiger partial charge in [0.15, 0.2) is 0 Å². The zero-order chi connectivity index (χ0) is 10.7. The molecule has 0 spiro atoms. The Balaban J connectivity index is 2.25. The summed E-state index contributed by atoms with van der Waals surface area (Å²) >= 11 is 0. The van der Waals surface area contributed by atoms with E-state index in [-0.39, 0.29) is 0 Å². The molecular formula is C12H14N2O. The largest absolute Gasteiger partial charge is 0.378 e. The smallest absolute Gasteiger partial charge is 0.0902 e. The quantitative estimate of drug-likeness (QED) is 0.763. The molecule has 2 rings (SSSR count). The molecule has 1 aromatic carbocycles. The van der Waals surface area contributed by atoms with Gasteiger partial charge in [-0.3, -0.25) is 0 Å². The lowest BCUT2D eigenvalue weighted by atomic mass is 10.2. The van der Waals surface area contributed by atoms with E-state index in [9.17, 15) is 0 Å². The molecule has 1 heterocycles. The van der Waals surface area contributed by atoms with E-state index in [0.717, 1.165) is 11.4 Å². The summed E-state index contributed by atoms with van der Waals surface area (Å²) in [6.07, 6.45) is 1.94. The van der Waals surface area contributed by atoms with Gasteiger partial charge >= 0.3 is 0 Å². The number of benzene rings is 1. The molecule has 0 fully saturated rings. The maximum absolute atomic E-state index is 5.02. The van der Waals surface area contributed by atoms with E-state index in [0.29, 0.717) is 6.61 Å². The second-order valence-corrected chi connectivity index (χ2v) is 3.52. The van der Waals surface area contributed by atoms with E-state index in [1.165, 1.54) is 5.56 Å². The number of nitrogens with zero attached hydrogens (tertiary/aromatic N) is 2. The first-order valence-electron chi connectivity index (χ1n) is 4.90.